The summed E-state index contributed by atoms with van der Waals surface area (Å²) >= 11 is -0.399. The van der Waals surface area contributed by atoms with E-state index in [0.29, 0.717) is 11.1 Å². The molecule has 0 saturated heterocycles. The van der Waals surface area contributed by atoms with Crippen LogP contribution in [-0.4, -0.2) is 4.55 Å². The van der Waals surface area contributed by atoms with E-state index in [0.717, 1.165) is 5.56 Å². The van der Waals surface area contributed by atoms with Gasteiger partial charge < -0.3 is 9.29 Å². The van der Waals surface area contributed by atoms with Gasteiger partial charge >= 0.3 is 0 Å². The van der Waals surface area contributed by atoms with Crippen LogP contribution >= 0.6 is 12.0 Å². The maximum absolute atomic E-state index is 14.4. The van der Waals surface area contributed by atoms with Crippen LogP contribution in [0.3, 0.4) is 0 Å². The number of benzene rings is 2. The lowest BCUT2D eigenvalue weighted by Gasteiger charge is -2.23. The summed E-state index contributed by atoms with van der Waals surface area (Å²) in [4.78, 5) is -1.15. The Balaban J connectivity index is 2.76. The summed E-state index contributed by atoms with van der Waals surface area (Å²) < 4.78 is 71.3. The molecule has 2 aromatic carbocycles. The Morgan fingerprint density at radius 2 is 1.14 bits per heavy atom. The molecule has 0 heterocycles. The van der Waals surface area contributed by atoms with Gasteiger partial charge in [-0.3, -0.25) is 0 Å². The van der Waals surface area contributed by atoms with E-state index in [2.05, 4.69) is 0 Å². The first-order chi connectivity index (χ1) is 13.0. The van der Waals surface area contributed by atoms with Crippen molar-refractivity contribution in [3.8, 4) is 11.5 Å². The predicted molar refractivity (Wildman–Crippen MR) is 104 cm³/mol. The summed E-state index contributed by atoms with van der Waals surface area (Å²) in [5.41, 5.74) is 2.41. The number of halogens is 4. The molecule has 0 bridgehead atoms. The minimum atomic E-state index is -1.70. The lowest BCUT2D eigenvalue weighted by atomic mass is 9.88. The molecule has 0 saturated carbocycles. The average Bonchev–Trinajstić information content (AvgIpc) is 2.63. The maximum atomic E-state index is 14.4. The van der Waals surface area contributed by atoms with Crippen molar-refractivity contribution in [1.29, 1.82) is 0 Å². The molecule has 2 rings (SSSR count). The van der Waals surface area contributed by atoms with Crippen LogP contribution < -0.4 is 4.74 Å². The minimum absolute atomic E-state index is 0.0562. The first-order valence-electron chi connectivity index (χ1n) is 9.04. The number of hydrogen-bond donors (Lipinski definition) is 1. The highest BCUT2D eigenvalue weighted by molar-refractivity contribution is 7.93. The molecule has 0 aromatic heterocycles. The van der Waals surface area contributed by atoms with Crippen LogP contribution in [0.2, 0.25) is 0 Å². The number of ether oxygens (including phenoxy) is 1. The van der Waals surface area contributed by atoms with Crippen molar-refractivity contribution in [1.82, 2.24) is 0 Å². The van der Waals surface area contributed by atoms with Crippen LogP contribution in [0.25, 0.3) is 0 Å². The third-order valence-electron chi connectivity index (χ3n) is 4.56. The molecule has 0 radical (unpaired) electrons. The summed E-state index contributed by atoms with van der Waals surface area (Å²) in [5, 5.41) is 0. The standard InChI is InChI=1S/C21H24F4O2S/c1-9(2)12-7-13(10(3)4)19(14(8-12)11(5)6)27-20-15(22)17(24)21(28-26)18(25)16(20)23/h7-11,26H,1-6H3. The molecule has 154 valence electrons. The quantitative estimate of drug-likeness (QED) is 0.294. The number of rotatable bonds is 6. The number of hydrogen-bond acceptors (Lipinski definition) is 3. The Hall–Kier alpha value is -1.73. The van der Waals surface area contributed by atoms with Crippen molar-refractivity contribution in [2.45, 2.75) is 64.2 Å². The zero-order valence-corrected chi connectivity index (χ0v) is 17.5. The van der Waals surface area contributed by atoms with Crippen LogP contribution in [0.1, 0.15) is 76.0 Å². The molecule has 7 heteroatoms. The Bertz CT molecular complexity index is 821. The molecule has 1 N–H and O–H groups in total. The van der Waals surface area contributed by atoms with Crippen molar-refractivity contribution in [2.24, 2.45) is 0 Å². The van der Waals surface area contributed by atoms with E-state index in [-0.39, 0.29) is 23.5 Å². The fourth-order valence-corrected chi connectivity index (χ4v) is 3.21. The van der Waals surface area contributed by atoms with E-state index in [4.69, 9.17) is 9.29 Å². The molecule has 2 nitrogen and oxygen atoms in total. The Morgan fingerprint density at radius 3 is 1.46 bits per heavy atom. The Labute approximate surface area is 167 Å². The summed E-state index contributed by atoms with van der Waals surface area (Å²) in [6.07, 6.45) is 0. The fourth-order valence-electron chi connectivity index (χ4n) is 2.87. The lowest BCUT2D eigenvalue weighted by molar-refractivity contribution is 0.347. The van der Waals surface area contributed by atoms with E-state index in [1.165, 1.54) is 0 Å². The van der Waals surface area contributed by atoms with Crippen molar-refractivity contribution in [3.05, 3.63) is 52.1 Å². The van der Waals surface area contributed by atoms with E-state index in [1.807, 2.05) is 53.7 Å². The second-order valence-electron chi connectivity index (χ2n) is 7.60. The molecule has 2 aromatic rings. The second-order valence-corrected chi connectivity index (χ2v) is 8.19. The first kappa shape index (κ1) is 22.6. The van der Waals surface area contributed by atoms with Gasteiger partial charge in [-0.15, -0.1) is 0 Å². The predicted octanol–water partition coefficient (Wildman–Crippen LogP) is 7.97. The van der Waals surface area contributed by atoms with Crippen molar-refractivity contribution >= 4 is 12.0 Å². The fraction of sp³-hybridized carbons (Fsp3) is 0.429. The van der Waals surface area contributed by atoms with E-state index in [9.17, 15) is 17.6 Å². The normalized spacial score (nSPS) is 11.8. The molecule has 28 heavy (non-hydrogen) atoms. The van der Waals surface area contributed by atoms with E-state index < -0.39 is 46.0 Å². The van der Waals surface area contributed by atoms with Crippen LogP contribution in [-0.2, 0) is 0 Å². The molecule has 0 spiro atoms. The lowest BCUT2D eigenvalue weighted by Crippen LogP contribution is -2.07. The van der Waals surface area contributed by atoms with Gasteiger partial charge in [-0.1, -0.05) is 53.7 Å². The van der Waals surface area contributed by atoms with Gasteiger partial charge in [-0.25, -0.2) is 8.78 Å². The highest BCUT2D eigenvalue weighted by atomic mass is 32.2. The average molecular weight is 416 g/mol. The molecule has 0 aliphatic carbocycles. The summed E-state index contributed by atoms with van der Waals surface area (Å²) in [6, 6.07) is 3.77. The molecule has 0 fully saturated rings. The topological polar surface area (TPSA) is 29.5 Å². The highest BCUT2D eigenvalue weighted by Crippen LogP contribution is 2.43. The molecule has 0 unspecified atom stereocenters. The first-order valence-corrected chi connectivity index (χ1v) is 9.81. The van der Waals surface area contributed by atoms with Gasteiger partial charge in [0.2, 0.25) is 17.4 Å². The van der Waals surface area contributed by atoms with Gasteiger partial charge in [-0.05, 0) is 34.4 Å². The minimum Gasteiger partial charge on any atom is -0.450 e. The van der Waals surface area contributed by atoms with Crippen molar-refractivity contribution in [2.75, 3.05) is 0 Å². The van der Waals surface area contributed by atoms with Gasteiger partial charge in [0.1, 0.15) is 10.6 Å². The van der Waals surface area contributed by atoms with Gasteiger partial charge in [0.25, 0.3) is 0 Å². The molecular weight excluding hydrogens is 392 g/mol. The van der Waals surface area contributed by atoms with E-state index >= 15 is 0 Å². The summed E-state index contributed by atoms with van der Waals surface area (Å²) in [7, 11) is 0. The van der Waals surface area contributed by atoms with Crippen molar-refractivity contribution < 1.29 is 26.9 Å². The molecule has 0 atom stereocenters. The third kappa shape index (κ3) is 4.15. The maximum Gasteiger partial charge on any atom is 0.205 e. The Kier molecular flexibility index (Phi) is 7.04. The van der Waals surface area contributed by atoms with Gasteiger partial charge in [0.05, 0.1) is 0 Å². The monoisotopic (exact) mass is 416 g/mol. The third-order valence-corrected chi connectivity index (χ3v) is 5.10. The largest absolute Gasteiger partial charge is 0.450 e. The van der Waals surface area contributed by atoms with Crippen molar-refractivity contribution in [3.63, 3.8) is 0 Å². The highest BCUT2D eigenvalue weighted by Gasteiger charge is 2.29. The van der Waals surface area contributed by atoms with Crippen LogP contribution in [0.15, 0.2) is 17.0 Å². The smallest absolute Gasteiger partial charge is 0.205 e. The molecule has 0 aliphatic rings. The second kappa shape index (κ2) is 8.74. The van der Waals surface area contributed by atoms with Gasteiger partial charge in [-0.2, -0.15) is 8.78 Å². The molecule has 0 amide bonds. The van der Waals surface area contributed by atoms with Crippen LogP contribution in [0.4, 0.5) is 17.6 Å². The van der Waals surface area contributed by atoms with Crippen LogP contribution in [0.5, 0.6) is 11.5 Å². The Morgan fingerprint density at radius 1 is 0.714 bits per heavy atom. The summed E-state index contributed by atoms with van der Waals surface area (Å²) in [6.45, 7) is 11.6. The molecule has 0 aliphatic heterocycles. The SMILES string of the molecule is CC(C)c1cc(C(C)C)c(Oc2c(F)c(F)c(SO)c(F)c2F)c(C(C)C)c1. The van der Waals surface area contributed by atoms with Gasteiger partial charge in [0.15, 0.2) is 11.6 Å². The van der Waals surface area contributed by atoms with Gasteiger partial charge in [0, 0.05) is 12.0 Å². The van der Waals surface area contributed by atoms with Crippen LogP contribution in [0, 0.1) is 23.3 Å². The summed E-state index contributed by atoms with van der Waals surface area (Å²) in [5.74, 6) is -7.63. The van der Waals surface area contributed by atoms with E-state index in [1.54, 1.807) is 0 Å². The zero-order chi connectivity index (χ0) is 21.3. The molecular formula is C21H24F4O2S. The zero-order valence-electron chi connectivity index (χ0n) is 16.7.